The molecule has 1 aromatic heterocycles. The number of hydrogen-bond acceptors (Lipinski definition) is 6. The predicted octanol–water partition coefficient (Wildman–Crippen LogP) is 3.01. The molecule has 0 spiro atoms. The van der Waals surface area contributed by atoms with Gasteiger partial charge in [-0.05, 0) is 36.4 Å². The first-order chi connectivity index (χ1) is 13.1. The summed E-state index contributed by atoms with van der Waals surface area (Å²) in [7, 11) is 4.61. The molecule has 1 heterocycles. The van der Waals surface area contributed by atoms with Crippen LogP contribution in [0.1, 0.15) is 11.4 Å². The van der Waals surface area contributed by atoms with E-state index in [1.807, 2.05) is 0 Å². The van der Waals surface area contributed by atoms with Crippen molar-refractivity contribution >= 4 is 22.6 Å². The number of allylic oxidation sites excluding steroid dienone is 1. The fourth-order valence-corrected chi connectivity index (χ4v) is 2.62. The Labute approximate surface area is 155 Å². The van der Waals surface area contributed by atoms with Gasteiger partial charge in [-0.25, -0.2) is 4.98 Å². The van der Waals surface area contributed by atoms with Crippen LogP contribution < -0.4 is 19.8 Å². The van der Waals surface area contributed by atoms with Crippen molar-refractivity contribution < 1.29 is 14.2 Å². The first-order valence-electron chi connectivity index (χ1n) is 8.02. The van der Waals surface area contributed by atoms with Crippen LogP contribution in [0.2, 0.25) is 0 Å². The minimum atomic E-state index is -0.350. The first-order valence-corrected chi connectivity index (χ1v) is 8.02. The van der Waals surface area contributed by atoms with Crippen LogP contribution in [0.5, 0.6) is 17.2 Å². The summed E-state index contributed by atoms with van der Waals surface area (Å²) in [4.78, 5) is 19.5. The fraction of sp³-hybridized carbons (Fsp3) is 0.150. The number of nitriles is 1. The fourth-order valence-electron chi connectivity index (χ4n) is 2.62. The van der Waals surface area contributed by atoms with Gasteiger partial charge in [-0.15, -0.1) is 0 Å². The maximum absolute atomic E-state index is 12.4. The highest BCUT2D eigenvalue weighted by Crippen LogP contribution is 2.28. The summed E-state index contributed by atoms with van der Waals surface area (Å²) >= 11 is 0. The Morgan fingerprint density at radius 2 is 1.78 bits per heavy atom. The molecule has 0 aliphatic carbocycles. The standard InChI is InChI=1S/C20H17N3O4/c1-25-14-6-7-17-16(9-14)20(24)23-19(22-17)13(11-21)8-12-4-5-15(26-2)10-18(12)27-3/h4-10H,1-3H3,(H,22,23,24). The third kappa shape index (κ3) is 3.60. The Bertz CT molecular complexity index is 1130. The van der Waals surface area contributed by atoms with Gasteiger partial charge in [0.05, 0.1) is 37.8 Å². The van der Waals surface area contributed by atoms with Gasteiger partial charge < -0.3 is 19.2 Å². The van der Waals surface area contributed by atoms with E-state index in [-0.39, 0.29) is 17.0 Å². The molecule has 0 fully saturated rings. The second-order valence-electron chi connectivity index (χ2n) is 5.58. The van der Waals surface area contributed by atoms with Crippen LogP contribution in [0, 0.1) is 11.3 Å². The highest BCUT2D eigenvalue weighted by Gasteiger charge is 2.11. The van der Waals surface area contributed by atoms with Gasteiger partial charge in [0.1, 0.15) is 23.3 Å². The number of aromatic nitrogens is 2. The van der Waals surface area contributed by atoms with E-state index in [9.17, 15) is 10.1 Å². The molecule has 0 atom stereocenters. The number of aromatic amines is 1. The Morgan fingerprint density at radius 1 is 1.07 bits per heavy atom. The Hall–Kier alpha value is -3.79. The molecular formula is C20H17N3O4. The van der Waals surface area contributed by atoms with E-state index >= 15 is 0 Å². The van der Waals surface area contributed by atoms with Gasteiger partial charge in [0.15, 0.2) is 5.82 Å². The van der Waals surface area contributed by atoms with Crippen LogP contribution in [0.3, 0.4) is 0 Å². The lowest BCUT2D eigenvalue weighted by Gasteiger charge is -2.08. The maximum atomic E-state index is 12.4. The molecule has 7 heteroatoms. The molecule has 0 radical (unpaired) electrons. The van der Waals surface area contributed by atoms with Crippen molar-refractivity contribution in [2.75, 3.05) is 21.3 Å². The number of ether oxygens (including phenoxy) is 3. The highest BCUT2D eigenvalue weighted by atomic mass is 16.5. The van der Waals surface area contributed by atoms with E-state index in [2.05, 4.69) is 16.0 Å². The minimum Gasteiger partial charge on any atom is -0.497 e. The number of fused-ring (bicyclic) bond motifs is 1. The molecular weight excluding hydrogens is 346 g/mol. The highest BCUT2D eigenvalue weighted by molar-refractivity contribution is 5.90. The Balaban J connectivity index is 2.12. The van der Waals surface area contributed by atoms with Crippen molar-refractivity contribution in [2.24, 2.45) is 0 Å². The molecule has 3 rings (SSSR count). The summed E-state index contributed by atoms with van der Waals surface area (Å²) in [5.74, 6) is 1.91. The molecule has 0 saturated heterocycles. The van der Waals surface area contributed by atoms with E-state index in [1.165, 1.54) is 14.2 Å². The molecule has 0 bridgehead atoms. The summed E-state index contributed by atoms with van der Waals surface area (Å²) < 4.78 is 15.7. The van der Waals surface area contributed by atoms with Gasteiger partial charge in [-0.1, -0.05) is 0 Å². The zero-order valence-electron chi connectivity index (χ0n) is 15.1. The summed E-state index contributed by atoms with van der Waals surface area (Å²) in [6, 6.07) is 12.3. The van der Waals surface area contributed by atoms with Gasteiger partial charge in [0, 0.05) is 11.6 Å². The normalized spacial score (nSPS) is 11.1. The number of methoxy groups -OCH3 is 3. The summed E-state index contributed by atoms with van der Waals surface area (Å²) in [6.07, 6.45) is 1.60. The molecule has 0 aliphatic heterocycles. The topological polar surface area (TPSA) is 97.2 Å². The molecule has 136 valence electrons. The third-order valence-corrected chi connectivity index (χ3v) is 4.03. The van der Waals surface area contributed by atoms with Crippen molar-refractivity contribution in [2.45, 2.75) is 0 Å². The molecule has 2 aromatic carbocycles. The monoisotopic (exact) mass is 363 g/mol. The number of hydrogen-bond donors (Lipinski definition) is 1. The lowest BCUT2D eigenvalue weighted by Crippen LogP contribution is -2.11. The zero-order chi connectivity index (χ0) is 19.4. The number of H-pyrrole nitrogens is 1. The number of benzene rings is 2. The SMILES string of the molecule is COc1ccc(C=C(C#N)c2nc3ccc(OC)cc3c(=O)[nH]2)c(OC)c1. The van der Waals surface area contributed by atoms with Gasteiger partial charge >= 0.3 is 0 Å². The van der Waals surface area contributed by atoms with Crippen LogP contribution in [-0.2, 0) is 0 Å². The lowest BCUT2D eigenvalue weighted by atomic mass is 10.1. The quantitative estimate of drug-likeness (QED) is 0.700. The minimum absolute atomic E-state index is 0.179. The number of nitrogens with one attached hydrogen (secondary N) is 1. The number of rotatable bonds is 5. The maximum Gasteiger partial charge on any atom is 0.259 e. The van der Waals surface area contributed by atoms with Gasteiger partial charge in [-0.2, -0.15) is 5.26 Å². The van der Waals surface area contributed by atoms with Crippen molar-refractivity contribution in [3.05, 3.63) is 58.1 Å². The van der Waals surface area contributed by atoms with Gasteiger partial charge in [-0.3, -0.25) is 4.79 Å². The van der Waals surface area contributed by atoms with Crippen molar-refractivity contribution in [1.82, 2.24) is 9.97 Å². The molecule has 3 aromatic rings. The van der Waals surface area contributed by atoms with Crippen LogP contribution in [0.15, 0.2) is 41.2 Å². The molecule has 27 heavy (non-hydrogen) atoms. The van der Waals surface area contributed by atoms with E-state index in [4.69, 9.17) is 14.2 Å². The average Bonchev–Trinajstić information content (AvgIpc) is 2.71. The second-order valence-corrected chi connectivity index (χ2v) is 5.58. The number of nitrogens with zero attached hydrogens (tertiary/aromatic N) is 2. The smallest absolute Gasteiger partial charge is 0.259 e. The van der Waals surface area contributed by atoms with Crippen molar-refractivity contribution in [3.8, 4) is 23.3 Å². The molecule has 0 amide bonds. The van der Waals surface area contributed by atoms with Crippen LogP contribution in [-0.4, -0.2) is 31.3 Å². The molecule has 0 saturated carbocycles. The Kier molecular flexibility index (Phi) is 5.08. The lowest BCUT2D eigenvalue weighted by molar-refractivity contribution is 0.394. The molecule has 1 N–H and O–H groups in total. The summed E-state index contributed by atoms with van der Waals surface area (Å²) in [5, 5.41) is 9.97. The molecule has 0 aliphatic rings. The van der Waals surface area contributed by atoms with Gasteiger partial charge in [0.2, 0.25) is 0 Å². The zero-order valence-corrected chi connectivity index (χ0v) is 15.1. The van der Waals surface area contributed by atoms with E-state index < -0.39 is 0 Å². The van der Waals surface area contributed by atoms with E-state index in [0.717, 1.165) is 0 Å². The molecule has 0 unspecified atom stereocenters. The first kappa shape index (κ1) is 18.0. The van der Waals surface area contributed by atoms with Crippen LogP contribution >= 0.6 is 0 Å². The van der Waals surface area contributed by atoms with Crippen molar-refractivity contribution in [1.29, 1.82) is 5.26 Å². The summed E-state index contributed by atoms with van der Waals surface area (Å²) in [6.45, 7) is 0. The van der Waals surface area contributed by atoms with E-state index in [0.29, 0.717) is 33.7 Å². The van der Waals surface area contributed by atoms with Crippen LogP contribution in [0.4, 0.5) is 0 Å². The van der Waals surface area contributed by atoms with Crippen molar-refractivity contribution in [3.63, 3.8) is 0 Å². The van der Waals surface area contributed by atoms with Gasteiger partial charge in [0.25, 0.3) is 5.56 Å². The van der Waals surface area contributed by atoms with Crippen LogP contribution in [0.25, 0.3) is 22.6 Å². The molecule has 7 nitrogen and oxygen atoms in total. The van der Waals surface area contributed by atoms with E-state index in [1.54, 1.807) is 49.6 Å². The second kappa shape index (κ2) is 7.62. The largest absolute Gasteiger partial charge is 0.497 e. The third-order valence-electron chi connectivity index (χ3n) is 4.03. The predicted molar refractivity (Wildman–Crippen MR) is 102 cm³/mol. The average molecular weight is 363 g/mol. The Morgan fingerprint density at radius 3 is 2.44 bits per heavy atom. The summed E-state index contributed by atoms with van der Waals surface area (Å²) in [5.41, 5.74) is 0.981.